The maximum atomic E-state index is 13.3. The van der Waals surface area contributed by atoms with Gasteiger partial charge in [0.15, 0.2) is 6.10 Å². The van der Waals surface area contributed by atoms with E-state index in [2.05, 4.69) is 5.32 Å². The number of para-hydroxylation sites is 2. The van der Waals surface area contributed by atoms with Crippen molar-refractivity contribution < 1.29 is 22.7 Å². The molecule has 4 rings (SSSR count). The van der Waals surface area contributed by atoms with Gasteiger partial charge in [0.2, 0.25) is 10.0 Å². The topological polar surface area (TPSA) is 84.9 Å². The minimum Gasteiger partial charge on any atom is -0.497 e. The molecule has 7 nitrogen and oxygen atoms in total. The summed E-state index contributed by atoms with van der Waals surface area (Å²) in [6.07, 6.45) is -0.980. The van der Waals surface area contributed by atoms with E-state index in [1.807, 2.05) is 37.3 Å². The molecule has 0 unspecified atom stereocenters. The third kappa shape index (κ3) is 5.12. The number of carbonyl (C=O) groups is 1. The maximum absolute atomic E-state index is 13.3. The van der Waals surface area contributed by atoms with Crippen LogP contribution in [0.15, 0.2) is 78.9 Å². The molecule has 0 bridgehead atoms. The number of benzene rings is 3. The van der Waals surface area contributed by atoms with Crippen LogP contribution in [0.4, 0.5) is 5.69 Å². The van der Waals surface area contributed by atoms with Gasteiger partial charge in [0.25, 0.3) is 5.91 Å². The molecule has 0 saturated carbocycles. The number of nitrogens with one attached hydrogen (secondary N) is 1. The molecule has 0 aliphatic carbocycles. The summed E-state index contributed by atoms with van der Waals surface area (Å²) >= 11 is 0. The number of hydrogen-bond donors (Lipinski definition) is 1. The van der Waals surface area contributed by atoms with Gasteiger partial charge in [-0.3, -0.25) is 9.10 Å². The predicted molar refractivity (Wildman–Crippen MR) is 127 cm³/mol. The molecular weight excluding hydrogens is 440 g/mol. The van der Waals surface area contributed by atoms with Crippen LogP contribution in [0.3, 0.4) is 0 Å². The Morgan fingerprint density at radius 1 is 1.06 bits per heavy atom. The average molecular weight is 467 g/mol. The SMILES string of the molecule is COc1ccc([C@@H](C)NC(=O)[C@@H]2CN(S(=O)(=O)Cc3ccccc3)c3ccccc3O2)cc1. The quantitative estimate of drug-likeness (QED) is 0.574. The second-order valence-corrected chi connectivity index (χ2v) is 9.74. The number of nitrogens with zero attached hydrogens (tertiary/aromatic N) is 1. The second kappa shape index (κ2) is 9.54. The van der Waals surface area contributed by atoms with Crippen molar-refractivity contribution in [2.45, 2.75) is 24.8 Å². The fraction of sp³-hybridized carbons (Fsp3) is 0.240. The number of sulfonamides is 1. The molecule has 33 heavy (non-hydrogen) atoms. The minimum atomic E-state index is -3.75. The summed E-state index contributed by atoms with van der Waals surface area (Å²) in [4.78, 5) is 13.1. The van der Waals surface area contributed by atoms with Gasteiger partial charge in [-0.25, -0.2) is 8.42 Å². The van der Waals surface area contributed by atoms with Crippen molar-refractivity contribution in [2.24, 2.45) is 0 Å². The van der Waals surface area contributed by atoms with E-state index in [4.69, 9.17) is 9.47 Å². The van der Waals surface area contributed by atoms with Crippen LogP contribution in [-0.4, -0.2) is 34.1 Å². The molecule has 1 heterocycles. The molecule has 2 atom stereocenters. The molecule has 1 amide bonds. The number of hydrogen-bond acceptors (Lipinski definition) is 5. The summed E-state index contributed by atoms with van der Waals surface area (Å²) < 4.78 is 39.0. The summed E-state index contributed by atoms with van der Waals surface area (Å²) in [5.41, 5.74) is 2.00. The lowest BCUT2D eigenvalue weighted by Gasteiger charge is -2.35. The van der Waals surface area contributed by atoms with Crippen LogP contribution in [0.5, 0.6) is 11.5 Å². The summed E-state index contributed by atoms with van der Waals surface area (Å²) in [5, 5.41) is 2.93. The van der Waals surface area contributed by atoms with Crippen molar-refractivity contribution in [3.05, 3.63) is 90.0 Å². The Kier molecular flexibility index (Phi) is 6.55. The highest BCUT2D eigenvalue weighted by Gasteiger charge is 2.37. The molecule has 0 radical (unpaired) electrons. The summed E-state index contributed by atoms with van der Waals surface area (Å²) in [6.45, 7) is 1.76. The van der Waals surface area contributed by atoms with Crippen molar-refractivity contribution in [3.8, 4) is 11.5 Å². The maximum Gasteiger partial charge on any atom is 0.263 e. The van der Waals surface area contributed by atoms with Crippen LogP contribution in [0.1, 0.15) is 24.1 Å². The first-order chi connectivity index (χ1) is 15.9. The van der Waals surface area contributed by atoms with Crippen LogP contribution in [-0.2, 0) is 20.6 Å². The Hall–Kier alpha value is -3.52. The first-order valence-electron chi connectivity index (χ1n) is 10.6. The lowest BCUT2D eigenvalue weighted by atomic mass is 10.1. The first kappa shape index (κ1) is 22.7. The standard InChI is InChI=1S/C25H26N2O5S/c1-18(20-12-14-21(31-2)15-13-20)26-25(28)24-16-27(22-10-6-7-11-23(22)32-24)33(29,30)17-19-8-4-3-5-9-19/h3-15,18,24H,16-17H2,1-2H3,(H,26,28)/t18-,24+/m1/s1. The van der Waals surface area contributed by atoms with E-state index >= 15 is 0 Å². The smallest absolute Gasteiger partial charge is 0.263 e. The van der Waals surface area contributed by atoms with E-state index in [1.165, 1.54) is 4.31 Å². The monoisotopic (exact) mass is 466 g/mol. The Morgan fingerprint density at radius 2 is 1.73 bits per heavy atom. The number of carbonyl (C=O) groups excluding carboxylic acids is 1. The molecule has 0 saturated heterocycles. The summed E-state index contributed by atoms with van der Waals surface area (Å²) in [5.74, 6) is 0.535. The molecule has 0 fully saturated rings. The Labute approximate surface area is 194 Å². The van der Waals surface area contributed by atoms with Crippen molar-refractivity contribution in [1.82, 2.24) is 5.32 Å². The molecule has 1 N–H and O–H groups in total. The zero-order valence-electron chi connectivity index (χ0n) is 18.5. The van der Waals surface area contributed by atoms with E-state index in [9.17, 15) is 13.2 Å². The minimum absolute atomic E-state index is 0.104. The fourth-order valence-electron chi connectivity index (χ4n) is 3.75. The molecule has 3 aromatic rings. The third-order valence-electron chi connectivity index (χ3n) is 5.53. The lowest BCUT2D eigenvalue weighted by molar-refractivity contribution is -0.128. The average Bonchev–Trinajstić information content (AvgIpc) is 2.83. The van der Waals surface area contributed by atoms with Gasteiger partial charge in [0.05, 0.1) is 31.1 Å². The highest BCUT2D eigenvalue weighted by atomic mass is 32.2. The van der Waals surface area contributed by atoms with E-state index in [1.54, 1.807) is 55.6 Å². The highest BCUT2D eigenvalue weighted by molar-refractivity contribution is 7.92. The van der Waals surface area contributed by atoms with E-state index in [0.717, 1.165) is 11.3 Å². The van der Waals surface area contributed by atoms with Gasteiger partial charge in [-0.05, 0) is 42.3 Å². The van der Waals surface area contributed by atoms with Gasteiger partial charge < -0.3 is 14.8 Å². The van der Waals surface area contributed by atoms with Crippen LogP contribution < -0.4 is 19.1 Å². The van der Waals surface area contributed by atoms with Gasteiger partial charge in [-0.1, -0.05) is 54.6 Å². The third-order valence-corrected chi connectivity index (χ3v) is 7.24. The zero-order valence-corrected chi connectivity index (χ0v) is 19.3. The highest BCUT2D eigenvalue weighted by Crippen LogP contribution is 2.36. The van der Waals surface area contributed by atoms with Gasteiger partial charge in [-0.2, -0.15) is 0 Å². The number of rotatable bonds is 7. The molecule has 0 aromatic heterocycles. The molecule has 8 heteroatoms. The van der Waals surface area contributed by atoms with Crippen LogP contribution in [0.2, 0.25) is 0 Å². The van der Waals surface area contributed by atoms with Crippen molar-refractivity contribution in [2.75, 3.05) is 18.0 Å². The van der Waals surface area contributed by atoms with Crippen LogP contribution in [0.25, 0.3) is 0 Å². The normalized spacial score (nSPS) is 16.3. The number of amides is 1. The Bertz CT molecular complexity index is 1210. The van der Waals surface area contributed by atoms with Crippen LogP contribution in [0, 0.1) is 0 Å². The first-order valence-corrected chi connectivity index (χ1v) is 12.2. The van der Waals surface area contributed by atoms with Gasteiger partial charge >= 0.3 is 0 Å². The molecule has 1 aliphatic rings. The Balaban J connectivity index is 1.54. The predicted octanol–water partition coefficient (Wildman–Crippen LogP) is 3.67. The number of fused-ring (bicyclic) bond motifs is 1. The van der Waals surface area contributed by atoms with Gasteiger partial charge in [-0.15, -0.1) is 0 Å². The number of ether oxygens (including phenoxy) is 2. The zero-order chi connectivity index (χ0) is 23.4. The van der Waals surface area contributed by atoms with Gasteiger partial charge in [0, 0.05) is 0 Å². The van der Waals surface area contributed by atoms with Gasteiger partial charge in [0.1, 0.15) is 11.5 Å². The van der Waals surface area contributed by atoms with E-state index in [0.29, 0.717) is 17.0 Å². The summed E-state index contributed by atoms with van der Waals surface area (Å²) in [7, 11) is -2.15. The van der Waals surface area contributed by atoms with E-state index in [-0.39, 0.29) is 24.2 Å². The number of methoxy groups -OCH3 is 1. The fourth-order valence-corrected chi connectivity index (χ4v) is 5.33. The molecule has 0 spiro atoms. The van der Waals surface area contributed by atoms with Crippen molar-refractivity contribution >= 4 is 21.6 Å². The summed E-state index contributed by atoms with van der Waals surface area (Å²) in [6, 6.07) is 22.9. The van der Waals surface area contributed by atoms with Crippen molar-refractivity contribution in [3.63, 3.8) is 0 Å². The second-order valence-electron chi connectivity index (χ2n) is 7.85. The van der Waals surface area contributed by atoms with E-state index < -0.39 is 16.1 Å². The molecule has 1 aliphatic heterocycles. The lowest BCUT2D eigenvalue weighted by Crippen LogP contribution is -2.51. The molecular formula is C25H26N2O5S. The van der Waals surface area contributed by atoms with Crippen LogP contribution >= 0.6 is 0 Å². The molecule has 172 valence electrons. The molecule has 3 aromatic carbocycles. The number of anilines is 1. The largest absolute Gasteiger partial charge is 0.497 e. The van der Waals surface area contributed by atoms with Crippen molar-refractivity contribution in [1.29, 1.82) is 0 Å². The Morgan fingerprint density at radius 3 is 2.42 bits per heavy atom.